The van der Waals surface area contributed by atoms with Gasteiger partial charge >= 0.3 is 11.9 Å². The maximum Gasteiger partial charge on any atom is 0.339 e. The normalized spacial score (nSPS) is 16.7. The minimum absolute atomic E-state index is 0.0990. The number of aromatic carboxylic acids is 1. The van der Waals surface area contributed by atoms with E-state index >= 15 is 0 Å². The van der Waals surface area contributed by atoms with Gasteiger partial charge in [-0.1, -0.05) is 25.8 Å². The number of carbonyl (C=O) groups is 2. The second kappa shape index (κ2) is 9.62. The largest absolute Gasteiger partial charge is 0.507 e. The minimum Gasteiger partial charge on any atom is -0.507 e. The number of aryl methyl sites for hydroxylation is 1. The predicted octanol–water partition coefficient (Wildman–Crippen LogP) is 4.89. The van der Waals surface area contributed by atoms with Gasteiger partial charge in [-0.3, -0.25) is 0 Å². The van der Waals surface area contributed by atoms with Gasteiger partial charge in [0.1, 0.15) is 17.1 Å². The van der Waals surface area contributed by atoms with E-state index in [2.05, 4.69) is 6.92 Å². The van der Waals surface area contributed by atoms with Crippen LogP contribution in [0.3, 0.4) is 0 Å². The number of hydrogen-bond acceptors (Lipinski definition) is 4. The second-order valence-corrected chi connectivity index (χ2v) is 7.60. The first-order valence-corrected chi connectivity index (χ1v) is 9.98. The number of aliphatic carboxylic acids is 1. The average Bonchev–Trinajstić information content (AvgIpc) is 2.61. The van der Waals surface area contributed by atoms with Crippen molar-refractivity contribution in [3.05, 3.63) is 34.4 Å². The Bertz CT molecular complexity index is 763. The van der Waals surface area contributed by atoms with E-state index in [1.54, 1.807) is 12.1 Å². The summed E-state index contributed by atoms with van der Waals surface area (Å²) in [5.74, 6) is -2.41. The molecule has 0 spiro atoms. The molecule has 0 aromatic heterocycles. The number of benzene rings is 1. The third kappa shape index (κ3) is 5.06. The van der Waals surface area contributed by atoms with E-state index in [9.17, 15) is 24.9 Å². The van der Waals surface area contributed by atoms with Crippen molar-refractivity contribution in [2.45, 2.75) is 77.7 Å². The molecule has 28 heavy (non-hydrogen) atoms. The van der Waals surface area contributed by atoms with Crippen molar-refractivity contribution in [3.63, 3.8) is 0 Å². The molecule has 154 valence electrons. The van der Waals surface area contributed by atoms with Gasteiger partial charge in [0, 0.05) is 17.1 Å². The highest BCUT2D eigenvalue weighted by molar-refractivity contribution is 5.94. The van der Waals surface area contributed by atoms with E-state index in [1.807, 2.05) is 13.8 Å². The van der Waals surface area contributed by atoms with Crippen molar-refractivity contribution in [1.82, 2.24) is 0 Å². The number of ether oxygens (including phenoxy) is 1. The maximum atomic E-state index is 11.9. The highest BCUT2D eigenvalue weighted by Gasteiger charge is 2.29. The van der Waals surface area contributed by atoms with Crippen molar-refractivity contribution in [2.24, 2.45) is 0 Å². The topological polar surface area (TPSA) is 104 Å². The summed E-state index contributed by atoms with van der Waals surface area (Å²) in [6.07, 6.45) is 6.55. The van der Waals surface area contributed by atoms with Crippen LogP contribution in [0.15, 0.2) is 17.7 Å². The van der Waals surface area contributed by atoms with E-state index < -0.39 is 17.9 Å². The van der Waals surface area contributed by atoms with Crippen molar-refractivity contribution in [1.29, 1.82) is 0 Å². The van der Waals surface area contributed by atoms with Crippen LogP contribution < -0.4 is 4.74 Å². The SMILES string of the molecule is CCCCCc1cc(OC(C)C)c(C2C=C(C(=O)O)CCC2)c(O)c1C(=O)O. The molecular weight excluding hydrogens is 360 g/mol. The van der Waals surface area contributed by atoms with Crippen LogP contribution in [0.2, 0.25) is 0 Å². The molecule has 0 bridgehead atoms. The summed E-state index contributed by atoms with van der Waals surface area (Å²) in [7, 11) is 0. The van der Waals surface area contributed by atoms with Gasteiger partial charge in [-0.25, -0.2) is 9.59 Å². The number of aromatic hydroxyl groups is 1. The molecule has 1 aliphatic carbocycles. The van der Waals surface area contributed by atoms with Crippen LogP contribution in [0, 0.1) is 0 Å². The summed E-state index contributed by atoms with van der Waals surface area (Å²) in [5.41, 5.74) is 1.12. The van der Waals surface area contributed by atoms with Crippen LogP contribution in [0.4, 0.5) is 0 Å². The van der Waals surface area contributed by atoms with Crippen molar-refractivity contribution in [2.75, 3.05) is 0 Å². The smallest absolute Gasteiger partial charge is 0.339 e. The fourth-order valence-corrected chi connectivity index (χ4v) is 3.75. The van der Waals surface area contributed by atoms with Gasteiger partial charge in [0.2, 0.25) is 0 Å². The average molecular weight is 390 g/mol. The second-order valence-electron chi connectivity index (χ2n) is 7.60. The Kier molecular flexibility index (Phi) is 7.49. The highest BCUT2D eigenvalue weighted by Crippen LogP contribution is 2.44. The van der Waals surface area contributed by atoms with E-state index in [0.29, 0.717) is 42.6 Å². The fourth-order valence-electron chi connectivity index (χ4n) is 3.75. The molecule has 0 saturated heterocycles. The van der Waals surface area contributed by atoms with Gasteiger partial charge in [0.15, 0.2) is 0 Å². The van der Waals surface area contributed by atoms with Crippen LogP contribution in [0.1, 0.15) is 86.7 Å². The number of carboxylic acid groups (broad SMARTS) is 2. The van der Waals surface area contributed by atoms with E-state index in [0.717, 1.165) is 19.3 Å². The number of unbranched alkanes of at least 4 members (excludes halogenated alkanes) is 2. The van der Waals surface area contributed by atoms with Crippen molar-refractivity contribution < 1.29 is 29.6 Å². The molecule has 6 nitrogen and oxygen atoms in total. The van der Waals surface area contributed by atoms with Crippen LogP contribution in [0.25, 0.3) is 0 Å². The van der Waals surface area contributed by atoms with Crippen molar-refractivity contribution >= 4 is 11.9 Å². The van der Waals surface area contributed by atoms with E-state index in [1.165, 1.54) is 0 Å². The number of carboxylic acids is 2. The third-order valence-corrected chi connectivity index (χ3v) is 5.02. The molecule has 0 aliphatic heterocycles. The lowest BCUT2D eigenvalue weighted by Gasteiger charge is -2.26. The van der Waals surface area contributed by atoms with Gasteiger partial charge in [0.05, 0.1) is 6.10 Å². The Hall–Kier alpha value is -2.50. The van der Waals surface area contributed by atoms with Crippen LogP contribution in [-0.4, -0.2) is 33.4 Å². The van der Waals surface area contributed by atoms with Gasteiger partial charge < -0.3 is 20.1 Å². The number of allylic oxidation sites excluding steroid dienone is 1. The molecule has 0 amide bonds. The lowest BCUT2D eigenvalue weighted by Crippen LogP contribution is -2.15. The third-order valence-electron chi connectivity index (χ3n) is 5.02. The quantitative estimate of drug-likeness (QED) is 0.519. The molecule has 0 saturated carbocycles. The lowest BCUT2D eigenvalue weighted by atomic mass is 9.82. The summed E-state index contributed by atoms with van der Waals surface area (Å²) in [5, 5.41) is 30.0. The Labute approximate surface area is 165 Å². The standard InChI is InChI=1S/C22H30O6/c1-4-5-6-8-15-12-17(28-13(2)3)18(20(23)19(15)22(26)27)14-9-7-10-16(11-14)21(24)25/h11-14,23H,4-10H2,1-3H3,(H,24,25)(H,26,27). The molecule has 1 aromatic rings. The Morgan fingerprint density at radius 3 is 2.50 bits per heavy atom. The number of phenols is 1. The van der Waals surface area contributed by atoms with Gasteiger partial charge in [-0.05, 0) is 57.6 Å². The molecule has 1 atom stereocenters. The molecule has 1 unspecified atom stereocenters. The van der Waals surface area contributed by atoms with Gasteiger partial charge in [-0.2, -0.15) is 0 Å². The molecule has 0 heterocycles. The van der Waals surface area contributed by atoms with Gasteiger partial charge in [0.25, 0.3) is 0 Å². The molecule has 6 heteroatoms. The fraction of sp³-hybridized carbons (Fsp3) is 0.545. The monoisotopic (exact) mass is 390 g/mol. The first-order chi connectivity index (χ1) is 13.3. The molecular formula is C22H30O6. The lowest BCUT2D eigenvalue weighted by molar-refractivity contribution is -0.132. The molecule has 1 aromatic carbocycles. The molecule has 3 N–H and O–H groups in total. The zero-order valence-corrected chi connectivity index (χ0v) is 16.8. The highest BCUT2D eigenvalue weighted by atomic mass is 16.5. The number of hydrogen-bond donors (Lipinski definition) is 3. The van der Waals surface area contributed by atoms with Crippen LogP contribution in [0.5, 0.6) is 11.5 Å². The van der Waals surface area contributed by atoms with Crippen LogP contribution in [-0.2, 0) is 11.2 Å². The minimum atomic E-state index is -1.18. The zero-order valence-electron chi connectivity index (χ0n) is 16.8. The predicted molar refractivity (Wildman–Crippen MR) is 106 cm³/mol. The summed E-state index contributed by atoms with van der Waals surface area (Å²) < 4.78 is 5.93. The Balaban J connectivity index is 2.62. The van der Waals surface area contributed by atoms with Crippen LogP contribution >= 0.6 is 0 Å². The Morgan fingerprint density at radius 2 is 1.93 bits per heavy atom. The Morgan fingerprint density at radius 1 is 1.21 bits per heavy atom. The summed E-state index contributed by atoms with van der Waals surface area (Å²) in [6, 6.07) is 1.72. The van der Waals surface area contributed by atoms with E-state index in [-0.39, 0.29) is 23.0 Å². The van der Waals surface area contributed by atoms with Gasteiger partial charge in [-0.15, -0.1) is 0 Å². The first-order valence-electron chi connectivity index (χ1n) is 9.98. The molecule has 2 rings (SSSR count). The van der Waals surface area contributed by atoms with Crippen molar-refractivity contribution in [3.8, 4) is 11.5 Å². The number of rotatable bonds is 9. The summed E-state index contributed by atoms with van der Waals surface area (Å²) >= 11 is 0. The zero-order chi connectivity index (χ0) is 20.8. The maximum absolute atomic E-state index is 11.9. The van der Waals surface area contributed by atoms with E-state index in [4.69, 9.17) is 4.74 Å². The molecule has 0 radical (unpaired) electrons. The first kappa shape index (κ1) is 21.8. The molecule has 0 fully saturated rings. The summed E-state index contributed by atoms with van der Waals surface area (Å²) in [6.45, 7) is 5.80. The molecule has 1 aliphatic rings. The summed E-state index contributed by atoms with van der Waals surface area (Å²) in [4.78, 5) is 23.3.